The summed E-state index contributed by atoms with van der Waals surface area (Å²) in [5.41, 5.74) is 1.87. The van der Waals surface area contributed by atoms with Crippen molar-refractivity contribution in [2.75, 3.05) is 25.5 Å². The molecule has 0 bridgehead atoms. The molecule has 4 heteroatoms. The number of nitrogens with zero attached hydrogens (tertiary/aromatic N) is 1. The van der Waals surface area contributed by atoms with Crippen molar-refractivity contribution in [3.8, 4) is 0 Å². The van der Waals surface area contributed by atoms with E-state index < -0.39 is 0 Å². The molecule has 0 saturated carbocycles. The fourth-order valence-electron chi connectivity index (χ4n) is 2.41. The number of anilines is 1. The highest BCUT2D eigenvalue weighted by molar-refractivity contribution is 9.10. The predicted octanol–water partition coefficient (Wildman–Crippen LogP) is 4.38. The Morgan fingerprint density at radius 3 is 2.62 bits per heavy atom. The van der Waals surface area contributed by atoms with Gasteiger partial charge >= 0.3 is 0 Å². The van der Waals surface area contributed by atoms with Crippen LogP contribution in [0.4, 0.5) is 10.1 Å². The number of halogens is 2. The highest BCUT2D eigenvalue weighted by Gasteiger charge is 2.12. The molecule has 2 rings (SSSR count). The van der Waals surface area contributed by atoms with E-state index in [-0.39, 0.29) is 11.9 Å². The van der Waals surface area contributed by atoms with E-state index >= 15 is 0 Å². The lowest BCUT2D eigenvalue weighted by atomic mass is 10.0. The predicted molar refractivity (Wildman–Crippen MR) is 90.2 cm³/mol. The first-order chi connectivity index (χ1) is 10.1. The zero-order chi connectivity index (χ0) is 15.2. The van der Waals surface area contributed by atoms with Crippen molar-refractivity contribution in [3.63, 3.8) is 0 Å². The van der Waals surface area contributed by atoms with Crippen molar-refractivity contribution >= 4 is 21.6 Å². The zero-order valence-corrected chi connectivity index (χ0v) is 13.9. The van der Waals surface area contributed by atoms with Gasteiger partial charge in [-0.05, 0) is 43.3 Å². The van der Waals surface area contributed by atoms with Gasteiger partial charge in [0.05, 0.1) is 5.69 Å². The first-order valence-corrected chi connectivity index (χ1v) is 7.79. The van der Waals surface area contributed by atoms with E-state index in [1.165, 1.54) is 11.6 Å². The number of benzene rings is 2. The molecule has 0 spiro atoms. The van der Waals surface area contributed by atoms with Crippen LogP contribution in [0.3, 0.4) is 0 Å². The molecule has 0 radical (unpaired) electrons. The zero-order valence-electron chi connectivity index (χ0n) is 12.3. The molecule has 0 aliphatic carbocycles. The Labute approximate surface area is 134 Å². The highest BCUT2D eigenvalue weighted by Crippen LogP contribution is 2.23. The monoisotopic (exact) mass is 350 g/mol. The molecule has 0 aliphatic heterocycles. The molecule has 112 valence electrons. The molecule has 0 amide bonds. The van der Waals surface area contributed by atoms with Gasteiger partial charge in [0.15, 0.2) is 0 Å². The topological polar surface area (TPSA) is 15.3 Å². The molecule has 0 aromatic heterocycles. The SMILES string of the molecule is CNC(CCN(C)c1ccccc1F)c1cccc(Br)c1. The van der Waals surface area contributed by atoms with Crippen molar-refractivity contribution in [2.24, 2.45) is 0 Å². The number of rotatable bonds is 6. The van der Waals surface area contributed by atoms with Gasteiger partial charge in [0.2, 0.25) is 0 Å². The smallest absolute Gasteiger partial charge is 0.146 e. The lowest BCUT2D eigenvalue weighted by molar-refractivity contribution is 0.545. The molecular formula is C17H20BrFN2. The maximum absolute atomic E-state index is 13.8. The maximum atomic E-state index is 13.8. The first kappa shape index (κ1) is 16.0. The minimum Gasteiger partial charge on any atom is -0.372 e. The molecule has 1 N–H and O–H groups in total. The minimum absolute atomic E-state index is 0.177. The third kappa shape index (κ3) is 4.29. The minimum atomic E-state index is -0.177. The molecule has 0 heterocycles. The lowest BCUT2D eigenvalue weighted by Crippen LogP contribution is -2.25. The molecule has 0 saturated heterocycles. The van der Waals surface area contributed by atoms with Crippen molar-refractivity contribution in [3.05, 3.63) is 64.4 Å². The fourth-order valence-corrected chi connectivity index (χ4v) is 2.82. The molecule has 0 fully saturated rings. The molecule has 1 atom stereocenters. The van der Waals surface area contributed by atoms with Crippen LogP contribution in [0, 0.1) is 5.82 Å². The summed E-state index contributed by atoms with van der Waals surface area (Å²) in [6.45, 7) is 0.777. The number of hydrogen-bond donors (Lipinski definition) is 1. The van der Waals surface area contributed by atoms with Gasteiger partial charge in [-0.15, -0.1) is 0 Å². The van der Waals surface area contributed by atoms with E-state index in [0.29, 0.717) is 5.69 Å². The summed E-state index contributed by atoms with van der Waals surface area (Å²) < 4.78 is 14.8. The summed E-state index contributed by atoms with van der Waals surface area (Å²) in [6.07, 6.45) is 0.901. The van der Waals surface area contributed by atoms with E-state index in [4.69, 9.17) is 0 Å². The average molecular weight is 351 g/mol. The summed E-state index contributed by atoms with van der Waals surface area (Å²) in [5.74, 6) is -0.177. The van der Waals surface area contributed by atoms with Crippen molar-refractivity contribution in [2.45, 2.75) is 12.5 Å². The summed E-state index contributed by atoms with van der Waals surface area (Å²) >= 11 is 3.50. The van der Waals surface area contributed by atoms with Crippen LogP contribution in [0.1, 0.15) is 18.0 Å². The second kappa shape index (κ2) is 7.57. The van der Waals surface area contributed by atoms with Crippen LogP contribution in [0.5, 0.6) is 0 Å². The van der Waals surface area contributed by atoms with E-state index in [0.717, 1.165) is 17.4 Å². The third-order valence-electron chi connectivity index (χ3n) is 3.62. The van der Waals surface area contributed by atoms with Crippen molar-refractivity contribution < 1.29 is 4.39 Å². The first-order valence-electron chi connectivity index (χ1n) is 7.00. The number of para-hydroxylation sites is 1. The molecule has 0 aliphatic rings. The summed E-state index contributed by atoms with van der Waals surface area (Å²) in [6, 6.07) is 15.4. The van der Waals surface area contributed by atoms with Gasteiger partial charge in [-0.1, -0.05) is 40.2 Å². The Balaban J connectivity index is 2.02. The van der Waals surface area contributed by atoms with Gasteiger partial charge in [-0.3, -0.25) is 0 Å². The average Bonchev–Trinajstić information content (AvgIpc) is 2.48. The van der Waals surface area contributed by atoms with Gasteiger partial charge in [0.25, 0.3) is 0 Å². The largest absolute Gasteiger partial charge is 0.372 e. The van der Waals surface area contributed by atoms with Crippen LogP contribution in [0.25, 0.3) is 0 Å². The van der Waals surface area contributed by atoms with Crippen LogP contribution in [0.15, 0.2) is 53.0 Å². The van der Waals surface area contributed by atoms with Crippen molar-refractivity contribution in [1.29, 1.82) is 0 Å². The van der Waals surface area contributed by atoms with Gasteiger partial charge in [-0.2, -0.15) is 0 Å². The second-order valence-corrected chi connectivity index (χ2v) is 5.97. The third-order valence-corrected chi connectivity index (χ3v) is 4.11. The second-order valence-electron chi connectivity index (χ2n) is 5.06. The van der Waals surface area contributed by atoms with Crippen LogP contribution in [0.2, 0.25) is 0 Å². The Hall–Kier alpha value is -1.39. The fraction of sp³-hybridized carbons (Fsp3) is 0.294. The number of nitrogens with one attached hydrogen (secondary N) is 1. The van der Waals surface area contributed by atoms with E-state index in [1.807, 2.05) is 43.3 Å². The molecular weight excluding hydrogens is 331 g/mol. The number of hydrogen-bond acceptors (Lipinski definition) is 2. The summed E-state index contributed by atoms with van der Waals surface area (Å²) in [7, 11) is 3.88. The standard InChI is InChI=1S/C17H20BrFN2/c1-20-16(13-6-5-7-14(18)12-13)10-11-21(2)17-9-4-3-8-15(17)19/h3-9,12,16,20H,10-11H2,1-2H3. The van der Waals surface area contributed by atoms with Gasteiger partial charge in [0, 0.05) is 24.1 Å². The normalized spacial score (nSPS) is 12.2. The van der Waals surface area contributed by atoms with E-state index in [2.05, 4.69) is 33.4 Å². The Morgan fingerprint density at radius 1 is 1.19 bits per heavy atom. The highest BCUT2D eigenvalue weighted by atomic mass is 79.9. The van der Waals surface area contributed by atoms with E-state index in [1.54, 1.807) is 6.07 Å². The van der Waals surface area contributed by atoms with E-state index in [9.17, 15) is 4.39 Å². The van der Waals surface area contributed by atoms with Crippen LogP contribution < -0.4 is 10.2 Å². The van der Waals surface area contributed by atoms with Crippen LogP contribution in [-0.4, -0.2) is 20.6 Å². The Bertz CT molecular complexity index is 589. The summed E-state index contributed by atoms with van der Waals surface area (Å²) in [4.78, 5) is 1.96. The van der Waals surface area contributed by atoms with Crippen LogP contribution >= 0.6 is 15.9 Å². The Morgan fingerprint density at radius 2 is 1.95 bits per heavy atom. The molecule has 2 aromatic carbocycles. The molecule has 2 nitrogen and oxygen atoms in total. The maximum Gasteiger partial charge on any atom is 0.146 e. The van der Waals surface area contributed by atoms with Gasteiger partial charge < -0.3 is 10.2 Å². The molecule has 2 aromatic rings. The van der Waals surface area contributed by atoms with Crippen LogP contribution in [-0.2, 0) is 0 Å². The summed E-state index contributed by atoms with van der Waals surface area (Å²) in [5, 5.41) is 3.33. The Kier molecular flexibility index (Phi) is 5.76. The van der Waals surface area contributed by atoms with Gasteiger partial charge in [-0.25, -0.2) is 4.39 Å². The molecule has 1 unspecified atom stereocenters. The molecule has 21 heavy (non-hydrogen) atoms. The van der Waals surface area contributed by atoms with Crippen molar-refractivity contribution in [1.82, 2.24) is 5.32 Å². The lowest BCUT2D eigenvalue weighted by Gasteiger charge is -2.24. The quantitative estimate of drug-likeness (QED) is 0.831. The van der Waals surface area contributed by atoms with Gasteiger partial charge in [0.1, 0.15) is 5.82 Å².